The van der Waals surface area contributed by atoms with Crippen LogP contribution < -0.4 is 10.5 Å². The molecule has 0 aliphatic heterocycles. The van der Waals surface area contributed by atoms with Gasteiger partial charge in [0.1, 0.15) is 5.75 Å². The highest BCUT2D eigenvalue weighted by molar-refractivity contribution is 5.38. The third-order valence-electron chi connectivity index (χ3n) is 4.08. The standard InChI is InChI=1S/C18H23NO2/c1-14-7-9-16(10-8-14)18(12-19,13-20)11-15-5-3-4-6-17(15)21-2/h3-10,20H,11-13,19H2,1-2H3. The molecule has 3 nitrogen and oxygen atoms in total. The molecule has 0 bridgehead atoms. The highest BCUT2D eigenvalue weighted by Crippen LogP contribution is 2.31. The highest BCUT2D eigenvalue weighted by atomic mass is 16.5. The smallest absolute Gasteiger partial charge is 0.122 e. The molecule has 1 atom stereocenters. The zero-order chi connectivity index (χ0) is 15.3. The van der Waals surface area contributed by atoms with Crippen molar-refractivity contribution in [2.75, 3.05) is 20.3 Å². The van der Waals surface area contributed by atoms with E-state index in [-0.39, 0.29) is 6.61 Å². The van der Waals surface area contributed by atoms with Crippen molar-refractivity contribution in [1.82, 2.24) is 0 Å². The largest absolute Gasteiger partial charge is 0.496 e. The van der Waals surface area contributed by atoms with Gasteiger partial charge in [-0.3, -0.25) is 0 Å². The number of hydrogen-bond donors (Lipinski definition) is 2. The molecule has 3 heteroatoms. The normalized spacial score (nSPS) is 13.7. The maximum atomic E-state index is 10.0. The predicted octanol–water partition coefficient (Wildman–Crippen LogP) is 2.44. The molecule has 0 saturated heterocycles. The van der Waals surface area contributed by atoms with Crippen LogP contribution in [-0.2, 0) is 11.8 Å². The van der Waals surface area contributed by atoms with Gasteiger partial charge >= 0.3 is 0 Å². The molecule has 0 heterocycles. The fourth-order valence-corrected chi connectivity index (χ4v) is 2.62. The van der Waals surface area contributed by atoms with Crippen LogP contribution in [-0.4, -0.2) is 25.4 Å². The summed E-state index contributed by atoms with van der Waals surface area (Å²) in [7, 11) is 1.66. The van der Waals surface area contributed by atoms with E-state index in [1.807, 2.05) is 43.3 Å². The summed E-state index contributed by atoms with van der Waals surface area (Å²) in [6.45, 7) is 2.43. The van der Waals surface area contributed by atoms with Gasteiger partial charge in [-0.15, -0.1) is 0 Å². The molecule has 2 aromatic rings. The molecule has 112 valence electrons. The van der Waals surface area contributed by atoms with E-state index in [4.69, 9.17) is 10.5 Å². The van der Waals surface area contributed by atoms with Crippen LogP contribution in [0.1, 0.15) is 16.7 Å². The molecule has 0 saturated carbocycles. The van der Waals surface area contributed by atoms with E-state index in [2.05, 4.69) is 12.1 Å². The minimum absolute atomic E-state index is 0.00457. The number of hydrogen-bond acceptors (Lipinski definition) is 3. The molecule has 0 aliphatic carbocycles. The van der Waals surface area contributed by atoms with Crippen molar-refractivity contribution in [2.45, 2.75) is 18.8 Å². The Labute approximate surface area is 126 Å². The molecule has 21 heavy (non-hydrogen) atoms. The molecule has 0 spiro atoms. The number of aliphatic hydroxyl groups is 1. The fourth-order valence-electron chi connectivity index (χ4n) is 2.62. The van der Waals surface area contributed by atoms with Gasteiger partial charge in [0.15, 0.2) is 0 Å². The van der Waals surface area contributed by atoms with Crippen LogP contribution in [0, 0.1) is 6.92 Å². The highest BCUT2D eigenvalue weighted by Gasteiger charge is 2.31. The average molecular weight is 285 g/mol. The van der Waals surface area contributed by atoms with Crippen molar-refractivity contribution in [2.24, 2.45) is 5.73 Å². The number of rotatable bonds is 6. The van der Waals surface area contributed by atoms with Crippen LogP contribution in [0.15, 0.2) is 48.5 Å². The van der Waals surface area contributed by atoms with Crippen molar-refractivity contribution < 1.29 is 9.84 Å². The van der Waals surface area contributed by atoms with Crippen LogP contribution in [0.4, 0.5) is 0 Å². The van der Waals surface area contributed by atoms with Gasteiger partial charge in [0.25, 0.3) is 0 Å². The summed E-state index contributed by atoms with van der Waals surface area (Å²) in [6, 6.07) is 16.1. The maximum absolute atomic E-state index is 10.0. The minimum atomic E-state index is -0.484. The van der Waals surface area contributed by atoms with Gasteiger partial charge in [-0.2, -0.15) is 0 Å². The van der Waals surface area contributed by atoms with E-state index in [0.717, 1.165) is 16.9 Å². The van der Waals surface area contributed by atoms with E-state index in [9.17, 15) is 5.11 Å². The van der Waals surface area contributed by atoms with Crippen molar-refractivity contribution in [3.8, 4) is 5.75 Å². The number of para-hydroxylation sites is 1. The summed E-state index contributed by atoms with van der Waals surface area (Å²) in [4.78, 5) is 0. The molecule has 2 aromatic carbocycles. The van der Waals surface area contributed by atoms with Crippen molar-refractivity contribution in [1.29, 1.82) is 0 Å². The maximum Gasteiger partial charge on any atom is 0.122 e. The van der Waals surface area contributed by atoms with Crippen molar-refractivity contribution in [3.63, 3.8) is 0 Å². The number of nitrogens with two attached hydrogens (primary N) is 1. The van der Waals surface area contributed by atoms with E-state index >= 15 is 0 Å². The minimum Gasteiger partial charge on any atom is -0.496 e. The van der Waals surface area contributed by atoms with Crippen LogP contribution in [0.3, 0.4) is 0 Å². The first kappa shape index (κ1) is 15.5. The van der Waals surface area contributed by atoms with Gasteiger partial charge in [-0.25, -0.2) is 0 Å². The van der Waals surface area contributed by atoms with Crippen LogP contribution in [0.2, 0.25) is 0 Å². The Balaban J connectivity index is 2.40. The van der Waals surface area contributed by atoms with Crippen LogP contribution in [0.25, 0.3) is 0 Å². The molecule has 0 radical (unpaired) electrons. The van der Waals surface area contributed by atoms with Crippen LogP contribution >= 0.6 is 0 Å². The van der Waals surface area contributed by atoms with E-state index < -0.39 is 5.41 Å². The van der Waals surface area contributed by atoms with Crippen molar-refractivity contribution >= 4 is 0 Å². The Morgan fingerprint density at radius 3 is 2.33 bits per heavy atom. The predicted molar refractivity (Wildman–Crippen MR) is 85.7 cm³/mol. The molecule has 0 amide bonds. The summed E-state index contributed by atoms with van der Waals surface area (Å²) < 4.78 is 5.41. The van der Waals surface area contributed by atoms with E-state index in [1.165, 1.54) is 5.56 Å². The number of benzene rings is 2. The SMILES string of the molecule is COc1ccccc1CC(CN)(CO)c1ccc(C)cc1. The molecule has 0 fully saturated rings. The first-order valence-corrected chi connectivity index (χ1v) is 7.15. The Bertz CT molecular complexity index is 574. The summed E-state index contributed by atoms with van der Waals surface area (Å²) in [5.41, 5.74) is 8.85. The number of methoxy groups -OCH3 is 1. The van der Waals surface area contributed by atoms with Crippen LogP contribution in [0.5, 0.6) is 5.75 Å². The average Bonchev–Trinajstić information content (AvgIpc) is 2.54. The molecule has 0 aromatic heterocycles. The lowest BCUT2D eigenvalue weighted by molar-refractivity contribution is 0.195. The van der Waals surface area contributed by atoms with Gasteiger partial charge < -0.3 is 15.6 Å². The second-order valence-corrected chi connectivity index (χ2v) is 5.50. The van der Waals surface area contributed by atoms with E-state index in [0.29, 0.717) is 13.0 Å². The zero-order valence-corrected chi connectivity index (χ0v) is 12.7. The summed E-state index contributed by atoms with van der Waals surface area (Å²) in [5, 5.41) is 10.0. The quantitative estimate of drug-likeness (QED) is 0.857. The van der Waals surface area contributed by atoms with Gasteiger partial charge in [0.2, 0.25) is 0 Å². The van der Waals surface area contributed by atoms with Gasteiger partial charge in [0, 0.05) is 12.0 Å². The second kappa shape index (κ2) is 6.74. The number of ether oxygens (including phenoxy) is 1. The van der Waals surface area contributed by atoms with E-state index in [1.54, 1.807) is 7.11 Å². The molecular weight excluding hydrogens is 262 g/mol. The lowest BCUT2D eigenvalue weighted by Gasteiger charge is -2.32. The molecule has 1 unspecified atom stereocenters. The van der Waals surface area contributed by atoms with Gasteiger partial charge in [-0.05, 0) is 30.5 Å². The monoisotopic (exact) mass is 285 g/mol. The summed E-state index contributed by atoms with van der Waals surface area (Å²) >= 11 is 0. The lowest BCUT2D eigenvalue weighted by Crippen LogP contribution is -2.41. The topological polar surface area (TPSA) is 55.5 Å². The Morgan fingerprint density at radius 1 is 1.10 bits per heavy atom. The Hall–Kier alpha value is -1.84. The Kier molecular flexibility index (Phi) is 4.99. The first-order chi connectivity index (χ1) is 10.1. The molecule has 3 N–H and O–H groups in total. The summed E-state index contributed by atoms with van der Waals surface area (Å²) in [6.07, 6.45) is 0.646. The van der Waals surface area contributed by atoms with Crippen molar-refractivity contribution in [3.05, 3.63) is 65.2 Å². The van der Waals surface area contributed by atoms with Gasteiger partial charge in [0.05, 0.1) is 13.7 Å². The fraction of sp³-hybridized carbons (Fsp3) is 0.333. The Morgan fingerprint density at radius 2 is 1.76 bits per heavy atom. The first-order valence-electron chi connectivity index (χ1n) is 7.15. The number of aryl methyl sites for hydroxylation is 1. The molecular formula is C18H23NO2. The number of aliphatic hydroxyl groups excluding tert-OH is 1. The van der Waals surface area contributed by atoms with Gasteiger partial charge in [-0.1, -0.05) is 48.0 Å². The summed E-state index contributed by atoms with van der Waals surface area (Å²) in [5.74, 6) is 0.830. The third-order valence-corrected chi connectivity index (χ3v) is 4.08. The second-order valence-electron chi connectivity index (χ2n) is 5.50. The molecule has 0 aliphatic rings. The molecule has 2 rings (SSSR count). The third kappa shape index (κ3) is 3.26. The zero-order valence-electron chi connectivity index (χ0n) is 12.7. The lowest BCUT2D eigenvalue weighted by atomic mass is 9.76.